The van der Waals surface area contributed by atoms with Crippen molar-refractivity contribution in [3.63, 3.8) is 0 Å². The van der Waals surface area contributed by atoms with Crippen molar-refractivity contribution in [2.24, 2.45) is 0 Å². The first-order chi connectivity index (χ1) is 6.95. The molecule has 0 atom stereocenters. The number of hydrogen-bond donors (Lipinski definition) is 0. The first kappa shape index (κ1) is 15.8. The molecule has 0 radical (unpaired) electrons. The van der Waals surface area contributed by atoms with Gasteiger partial charge in [0.15, 0.2) is 0 Å². The summed E-state index contributed by atoms with van der Waals surface area (Å²) in [6, 6.07) is 10.8. The van der Waals surface area contributed by atoms with Gasteiger partial charge >= 0.3 is 0 Å². The lowest BCUT2D eigenvalue weighted by atomic mass is 10.1. The number of rotatable bonds is 3. The Hall–Kier alpha value is -0.240. The van der Waals surface area contributed by atoms with Crippen LogP contribution in [0.15, 0.2) is 30.3 Å². The molecule has 1 fully saturated rings. The minimum atomic E-state index is 0. The van der Waals surface area contributed by atoms with Crippen LogP contribution in [0.5, 0.6) is 0 Å². The fourth-order valence-electron chi connectivity index (χ4n) is 2.11. The van der Waals surface area contributed by atoms with Gasteiger partial charge < -0.3 is 4.90 Å². The number of benzene rings is 1. The first-order valence-electron chi connectivity index (χ1n) is 5.71. The van der Waals surface area contributed by atoms with Crippen molar-refractivity contribution in [1.29, 1.82) is 0 Å². The Morgan fingerprint density at radius 2 is 1.50 bits per heavy atom. The summed E-state index contributed by atoms with van der Waals surface area (Å²) in [7, 11) is 0. The van der Waals surface area contributed by atoms with E-state index in [1.54, 1.807) is 0 Å². The maximum atomic E-state index is 2.59. The van der Waals surface area contributed by atoms with E-state index < -0.39 is 0 Å². The highest BCUT2D eigenvalue weighted by atomic mass is 35.5. The van der Waals surface area contributed by atoms with Gasteiger partial charge in [0, 0.05) is 6.54 Å². The zero-order chi connectivity index (χ0) is 9.64. The highest BCUT2D eigenvalue weighted by Crippen LogP contribution is 2.09. The van der Waals surface area contributed by atoms with Gasteiger partial charge in [0.2, 0.25) is 0 Å². The lowest BCUT2D eigenvalue weighted by Gasteiger charge is -2.26. The van der Waals surface area contributed by atoms with Crippen LogP contribution < -0.4 is 0 Å². The molecule has 0 aromatic heterocycles. The van der Waals surface area contributed by atoms with Gasteiger partial charge in [-0.05, 0) is 37.9 Å². The summed E-state index contributed by atoms with van der Waals surface area (Å²) in [5, 5.41) is 0. The minimum absolute atomic E-state index is 0. The molecule has 0 spiro atoms. The molecule has 0 N–H and O–H groups in total. The van der Waals surface area contributed by atoms with Gasteiger partial charge in [0.05, 0.1) is 0 Å². The predicted molar refractivity (Wildman–Crippen MR) is 74.9 cm³/mol. The summed E-state index contributed by atoms with van der Waals surface area (Å²) in [5.74, 6) is 0. The lowest BCUT2D eigenvalue weighted by molar-refractivity contribution is 0.231. The lowest BCUT2D eigenvalue weighted by Crippen LogP contribution is -2.31. The molecular formula is C13H21Cl2N. The SMILES string of the molecule is Cl.Cl.c1ccc(CCN2CCCCC2)cc1. The van der Waals surface area contributed by atoms with Gasteiger partial charge in [-0.25, -0.2) is 0 Å². The fourth-order valence-corrected chi connectivity index (χ4v) is 2.11. The van der Waals surface area contributed by atoms with Crippen LogP contribution in [0.3, 0.4) is 0 Å². The molecule has 1 heterocycles. The summed E-state index contributed by atoms with van der Waals surface area (Å²) in [4.78, 5) is 2.59. The van der Waals surface area contributed by atoms with Gasteiger partial charge in [-0.15, -0.1) is 24.8 Å². The number of likely N-dealkylation sites (tertiary alicyclic amines) is 1. The molecule has 0 unspecified atom stereocenters. The number of piperidine rings is 1. The molecule has 1 aliphatic heterocycles. The van der Waals surface area contributed by atoms with Crippen LogP contribution in [0.25, 0.3) is 0 Å². The smallest absolute Gasteiger partial charge is 0.00218 e. The second kappa shape index (κ2) is 8.86. The van der Waals surface area contributed by atoms with E-state index in [4.69, 9.17) is 0 Å². The quantitative estimate of drug-likeness (QED) is 0.805. The van der Waals surface area contributed by atoms with E-state index in [2.05, 4.69) is 35.2 Å². The van der Waals surface area contributed by atoms with E-state index >= 15 is 0 Å². The van der Waals surface area contributed by atoms with Crippen LogP contribution in [0.4, 0.5) is 0 Å². The second-order valence-corrected chi connectivity index (χ2v) is 4.14. The molecule has 16 heavy (non-hydrogen) atoms. The molecule has 0 bridgehead atoms. The molecule has 92 valence electrons. The molecule has 2 rings (SSSR count). The van der Waals surface area contributed by atoms with E-state index in [-0.39, 0.29) is 24.8 Å². The van der Waals surface area contributed by atoms with Crippen LogP contribution in [-0.4, -0.2) is 24.5 Å². The third kappa shape index (κ3) is 5.20. The normalized spacial score (nSPS) is 16.0. The molecule has 1 saturated heterocycles. The zero-order valence-electron chi connectivity index (χ0n) is 9.60. The van der Waals surface area contributed by atoms with Crippen molar-refractivity contribution in [2.75, 3.05) is 19.6 Å². The zero-order valence-corrected chi connectivity index (χ0v) is 11.2. The molecule has 1 aromatic carbocycles. The Bertz CT molecular complexity index is 258. The van der Waals surface area contributed by atoms with Gasteiger partial charge in [0.25, 0.3) is 0 Å². The maximum absolute atomic E-state index is 2.59. The van der Waals surface area contributed by atoms with Crippen molar-refractivity contribution in [1.82, 2.24) is 4.90 Å². The third-order valence-electron chi connectivity index (χ3n) is 3.01. The van der Waals surface area contributed by atoms with Crippen molar-refractivity contribution < 1.29 is 0 Å². The van der Waals surface area contributed by atoms with E-state index in [1.807, 2.05) is 0 Å². The molecule has 1 aromatic rings. The third-order valence-corrected chi connectivity index (χ3v) is 3.01. The Morgan fingerprint density at radius 1 is 0.875 bits per heavy atom. The van der Waals surface area contributed by atoms with Crippen molar-refractivity contribution in [3.8, 4) is 0 Å². The Balaban J connectivity index is 0.00000112. The number of halogens is 2. The maximum Gasteiger partial charge on any atom is 0.00218 e. The highest BCUT2D eigenvalue weighted by Gasteiger charge is 2.08. The van der Waals surface area contributed by atoms with E-state index in [9.17, 15) is 0 Å². The summed E-state index contributed by atoms with van der Waals surface area (Å²) in [5.41, 5.74) is 1.47. The first-order valence-corrected chi connectivity index (χ1v) is 5.71. The minimum Gasteiger partial charge on any atom is -0.303 e. The monoisotopic (exact) mass is 261 g/mol. The molecule has 1 aliphatic rings. The molecular weight excluding hydrogens is 241 g/mol. The van der Waals surface area contributed by atoms with Crippen molar-refractivity contribution in [3.05, 3.63) is 35.9 Å². The Kier molecular flexibility index (Phi) is 8.73. The summed E-state index contributed by atoms with van der Waals surface area (Å²) in [6.45, 7) is 3.86. The van der Waals surface area contributed by atoms with E-state index in [0.717, 1.165) is 0 Å². The predicted octanol–water partition coefficient (Wildman–Crippen LogP) is 3.56. The van der Waals surface area contributed by atoms with Crippen LogP contribution in [0, 0.1) is 0 Å². The van der Waals surface area contributed by atoms with Crippen LogP contribution in [0.1, 0.15) is 24.8 Å². The molecule has 3 heteroatoms. The average molecular weight is 262 g/mol. The van der Waals surface area contributed by atoms with Gasteiger partial charge in [-0.2, -0.15) is 0 Å². The Morgan fingerprint density at radius 3 is 2.12 bits per heavy atom. The summed E-state index contributed by atoms with van der Waals surface area (Å²) in [6.07, 6.45) is 5.44. The van der Waals surface area contributed by atoms with Crippen LogP contribution in [-0.2, 0) is 6.42 Å². The van der Waals surface area contributed by atoms with E-state index in [1.165, 1.54) is 50.9 Å². The Labute approximate surface area is 111 Å². The molecule has 0 saturated carbocycles. The van der Waals surface area contributed by atoms with E-state index in [0.29, 0.717) is 0 Å². The molecule has 1 nitrogen and oxygen atoms in total. The second-order valence-electron chi connectivity index (χ2n) is 4.14. The highest BCUT2D eigenvalue weighted by molar-refractivity contribution is 5.85. The largest absolute Gasteiger partial charge is 0.303 e. The average Bonchev–Trinajstić information content (AvgIpc) is 2.29. The van der Waals surface area contributed by atoms with Gasteiger partial charge in [0.1, 0.15) is 0 Å². The molecule has 0 aliphatic carbocycles. The fraction of sp³-hybridized carbons (Fsp3) is 0.538. The van der Waals surface area contributed by atoms with Gasteiger partial charge in [-0.1, -0.05) is 36.8 Å². The van der Waals surface area contributed by atoms with Crippen molar-refractivity contribution in [2.45, 2.75) is 25.7 Å². The molecule has 0 amide bonds. The number of nitrogens with zero attached hydrogens (tertiary/aromatic N) is 1. The van der Waals surface area contributed by atoms with Crippen LogP contribution >= 0.6 is 24.8 Å². The van der Waals surface area contributed by atoms with Gasteiger partial charge in [-0.3, -0.25) is 0 Å². The van der Waals surface area contributed by atoms with Crippen LogP contribution in [0.2, 0.25) is 0 Å². The van der Waals surface area contributed by atoms with Crippen molar-refractivity contribution >= 4 is 24.8 Å². The standard InChI is InChI=1S/C13H19N.2ClH/c1-3-7-13(8-4-1)9-12-14-10-5-2-6-11-14;;/h1,3-4,7-8H,2,5-6,9-12H2;2*1H. The summed E-state index contributed by atoms with van der Waals surface area (Å²) < 4.78 is 0. The summed E-state index contributed by atoms with van der Waals surface area (Å²) >= 11 is 0. The topological polar surface area (TPSA) is 3.24 Å². The number of hydrogen-bond acceptors (Lipinski definition) is 1.